The second kappa shape index (κ2) is 24.2. The van der Waals surface area contributed by atoms with Gasteiger partial charge in [-0.25, -0.2) is 0 Å². The Morgan fingerprint density at radius 3 is 0.857 bits per heavy atom. The first-order valence-corrected chi connectivity index (χ1v) is 13.5. The molecule has 0 aromatic carbocycles. The van der Waals surface area contributed by atoms with E-state index in [1.807, 2.05) is 0 Å². The monoisotopic (exact) mass is 478 g/mol. The van der Waals surface area contributed by atoms with Crippen LogP contribution in [0.4, 0.5) is 0 Å². The van der Waals surface area contributed by atoms with Crippen molar-refractivity contribution in [2.24, 2.45) is 0 Å². The molecule has 0 fully saturated rings. The minimum Gasteiger partial charge on any atom is -0.131 e. The highest BCUT2D eigenvalue weighted by molar-refractivity contribution is 8.93. The molecule has 0 bridgehead atoms. The van der Waals surface area contributed by atoms with Gasteiger partial charge in [0, 0.05) is 0 Å². The van der Waals surface area contributed by atoms with Crippen molar-refractivity contribution in [2.75, 3.05) is 0 Å². The lowest BCUT2D eigenvalue weighted by Crippen LogP contribution is -2.20. The van der Waals surface area contributed by atoms with Gasteiger partial charge in [0.25, 0.3) is 0 Å². The van der Waals surface area contributed by atoms with E-state index in [1.54, 1.807) is 0 Å². The second-order valence-corrected chi connectivity index (χ2v) is 10.5. The van der Waals surface area contributed by atoms with Gasteiger partial charge >= 0.3 is 0 Å². The molecule has 2 heteroatoms. The van der Waals surface area contributed by atoms with E-state index in [2.05, 4.69) is 30.0 Å². The van der Waals surface area contributed by atoms with Gasteiger partial charge in [-0.3, -0.25) is 0 Å². The van der Waals surface area contributed by atoms with Crippen molar-refractivity contribution in [3.8, 4) is 0 Å². The number of rotatable bonds is 22. The number of halogens is 1. The SMILES string of the molecule is Br.CCCCCCCCCC(P)(CCCCCCCC)CCCCCCCC. The van der Waals surface area contributed by atoms with Crippen molar-refractivity contribution in [3.63, 3.8) is 0 Å². The zero-order chi connectivity index (χ0) is 20.1. The Morgan fingerprint density at radius 1 is 0.393 bits per heavy atom. The van der Waals surface area contributed by atoms with Gasteiger partial charge in [0.15, 0.2) is 0 Å². The topological polar surface area (TPSA) is 0 Å². The molecule has 1 atom stereocenters. The normalized spacial score (nSPS) is 11.6. The van der Waals surface area contributed by atoms with Crippen LogP contribution in [-0.4, -0.2) is 5.16 Å². The molecular formula is C26H56BrP. The lowest BCUT2D eigenvalue weighted by Gasteiger charge is -2.30. The van der Waals surface area contributed by atoms with Crippen molar-refractivity contribution in [1.29, 1.82) is 0 Å². The summed E-state index contributed by atoms with van der Waals surface area (Å²) < 4.78 is 0. The molecule has 0 aliphatic rings. The molecule has 0 aliphatic heterocycles. The Labute approximate surface area is 193 Å². The maximum Gasteiger partial charge on any atom is -0.0150 e. The highest BCUT2D eigenvalue weighted by Gasteiger charge is 2.23. The first-order valence-electron chi connectivity index (χ1n) is 13.0. The van der Waals surface area contributed by atoms with E-state index in [0.717, 1.165) is 0 Å². The van der Waals surface area contributed by atoms with E-state index in [4.69, 9.17) is 0 Å². The first-order chi connectivity index (χ1) is 13.2. The molecule has 0 aromatic heterocycles. The van der Waals surface area contributed by atoms with E-state index in [1.165, 1.54) is 141 Å². The summed E-state index contributed by atoms with van der Waals surface area (Å²) in [5.41, 5.74) is 0. The summed E-state index contributed by atoms with van der Waals surface area (Å²) in [6.45, 7) is 6.94. The maximum atomic E-state index is 3.35. The molecule has 28 heavy (non-hydrogen) atoms. The smallest absolute Gasteiger partial charge is 0.0150 e. The molecule has 0 heterocycles. The summed E-state index contributed by atoms with van der Waals surface area (Å²) in [6.07, 6.45) is 31.7. The van der Waals surface area contributed by atoms with Crippen molar-refractivity contribution < 1.29 is 0 Å². The zero-order valence-electron chi connectivity index (χ0n) is 20.0. The lowest BCUT2D eigenvalue weighted by atomic mass is 9.88. The Morgan fingerprint density at radius 2 is 0.607 bits per heavy atom. The van der Waals surface area contributed by atoms with Crippen molar-refractivity contribution in [3.05, 3.63) is 0 Å². The molecule has 0 amide bonds. The minimum atomic E-state index is 0. The number of hydrogen-bond donors (Lipinski definition) is 0. The van der Waals surface area contributed by atoms with Gasteiger partial charge in [-0.2, -0.15) is 0 Å². The van der Waals surface area contributed by atoms with Crippen LogP contribution in [0.3, 0.4) is 0 Å². The van der Waals surface area contributed by atoms with Crippen molar-refractivity contribution in [2.45, 2.75) is 167 Å². The van der Waals surface area contributed by atoms with E-state index >= 15 is 0 Å². The third-order valence-corrected chi connectivity index (χ3v) is 7.20. The third-order valence-electron chi connectivity index (χ3n) is 6.33. The van der Waals surface area contributed by atoms with Crippen molar-refractivity contribution >= 4 is 26.2 Å². The summed E-state index contributed by atoms with van der Waals surface area (Å²) in [5, 5.41) is 0.554. The molecule has 172 valence electrons. The highest BCUT2D eigenvalue weighted by atomic mass is 79.9. The van der Waals surface area contributed by atoms with E-state index in [9.17, 15) is 0 Å². The molecule has 0 aliphatic carbocycles. The molecule has 0 saturated heterocycles. The standard InChI is InChI=1S/C26H55P.BrH/c1-4-7-10-13-16-19-22-25-26(27,23-20-17-14-11-8-5-2)24-21-18-15-12-9-6-3;/h4-25,27H2,1-3H3;1H. The second-order valence-electron chi connectivity index (χ2n) is 9.27. The minimum absolute atomic E-state index is 0. The first kappa shape index (κ1) is 31.1. The summed E-state index contributed by atoms with van der Waals surface area (Å²) in [4.78, 5) is 0. The number of hydrogen-bond acceptors (Lipinski definition) is 0. The molecule has 1 unspecified atom stereocenters. The van der Waals surface area contributed by atoms with Gasteiger partial charge in [-0.15, -0.1) is 26.2 Å². The van der Waals surface area contributed by atoms with Crippen LogP contribution in [0.1, 0.15) is 162 Å². The zero-order valence-corrected chi connectivity index (χ0v) is 22.9. The van der Waals surface area contributed by atoms with Crippen LogP contribution in [0.5, 0.6) is 0 Å². The molecule has 0 spiro atoms. The van der Waals surface area contributed by atoms with Gasteiger partial charge in [-0.1, -0.05) is 143 Å². The summed E-state index contributed by atoms with van der Waals surface area (Å²) >= 11 is 0. The number of unbranched alkanes of at least 4 members (excludes halogenated alkanes) is 16. The van der Waals surface area contributed by atoms with Gasteiger partial charge in [0.05, 0.1) is 0 Å². The van der Waals surface area contributed by atoms with E-state index in [0.29, 0.717) is 5.16 Å². The predicted molar refractivity (Wildman–Crippen MR) is 141 cm³/mol. The average Bonchev–Trinajstić information content (AvgIpc) is 2.67. The fourth-order valence-electron chi connectivity index (χ4n) is 4.32. The Balaban J connectivity index is 0. The van der Waals surface area contributed by atoms with Gasteiger partial charge in [0.1, 0.15) is 0 Å². The van der Waals surface area contributed by atoms with Crippen LogP contribution in [0.2, 0.25) is 0 Å². The summed E-state index contributed by atoms with van der Waals surface area (Å²) in [7, 11) is 3.35. The quantitative estimate of drug-likeness (QED) is 0.107. The molecule has 0 aromatic rings. The molecule has 0 nitrogen and oxygen atoms in total. The van der Waals surface area contributed by atoms with Gasteiger partial charge in [0.2, 0.25) is 0 Å². The van der Waals surface area contributed by atoms with Gasteiger partial charge < -0.3 is 0 Å². The predicted octanol–water partition coefficient (Wildman–Crippen LogP) is 10.8. The third kappa shape index (κ3) is 21.6. The fraction of sp³-hybridized carbons (Fsp3) is 1.00. The van der Waals surface area contributed by atoms with Crippen LogP contribution in [0.25, 0.3) is 0 Å². The fourth-order valence-corrected chi connectivity index (χ4v) is 4.94. The van der Waals surface area contributed by atoms with E-state index in [-0.39, 0.29) is 17.0 Å². The molecular weight excluding hydrogens is 423 g/mol. The molecule has 0 N–H and O–H groups in total. The Hall–Kier alpha value is 0.910. The van der Waals surface area contributed by atoms with Crippen molar-refractivity contribution in [1.82, 2.24) is 0 Å². The largest absolute Gasteiger partial charge is 0.131 e. The van der Waals surface area contributed by atoms with E-state index < -0.39 is 0 Å². The summed E-state index contributed by atoms with van der Waals surface area (Å²) in [6, 6.07) is 0. The van der Waals surface area contributed by atoms with Gasteiger partial charge in [-0.05, 0) is 24.4 Å². The van der Waals surface area contributed by atoms with Crippen LogP contribution in [-0.2, 0) is 0 Å². The molecule has 0 rings (SSSR count). The molecule has 0 radical (unpaired) electrons. The maximum absolute atomic E-state index is 3.35. The Kier molecular flexibility index (Phi) is 26.9. The van der Waals surface area contributed by atoms with Crippen LogP contribution in [0, 0.1) is 0 Å². The lowest BCUT2D eigenvalue weighted by molar-refractivity contribution is 0.402. The van der Waals surface area contributed by atoms with Crippen LogP contribution >= 0.6 is 26.2 Å². The Bertz CT molecular complexity index is 264. The summed E-state index contributed by atoms with van der Waals surface area (Å²) in [5.74, 6) is 0. The van der Waals surface area contributed by atoms with Crippen LogP contribution < -0.4 is 0 Å². The molecule has 0 saturated carbocycles. The average molecular weight is 480 g/mol. The van der Waals surface area contributed by atoms with Crippen LogP contribution in [0.15, 0.2) is 0 Å². The highest BCUT2D eigenvalue weighted by Crippen LogP contribution is 2.37.